The third-order valence-corrected chi connectivity index (χ3v) is 8.20. The predicted molar refractivity (Wildman–Crippen MR) is 169 cm³/mol. The van der Waals surface area contributed by atoms with Gasteiger partial charge in [0.2, 0.25) is 5.91 Å². The normalized spacial score (nSPS) is 18.6. The Labute approximate surface area is 262 Å². The van der Waals surface area contributed by atoms with Gasteiger partial charge < -0.3 is 19.3 Å². The van der Waals surface area contributed by atoms with Crippen LogP contribution in [0.4, 0.5) is 4.79 Å². The molecule has 8 nitrogen and oxygen atoms in total. The molecule has 10 heteroatoms. The van der Waals surface area contributed by atoms with Crippen LogP contribution < -0.4 is 9.47 Å². The summed E-state index contributed by atoms with van der Waals surface area (Å²) in [4.78, 5) is 37.6. The topological polar surface area (TPSA) is 74.7 Å². The van der Waals surface area contributed by atoms with Gasteiger partial charge in [-0.2, -0.15) is 0 Å². The van der Waals surface area contributed by atoms with E-state index < -0.39 is 12.1 Å². The summed E-state index contributed by atoms with van der Waals surface area (Å²) in [6.07, 6.45) is 0.314. The minimum absolute atomic E-state index is 0.0890. The molecule has 3 aromatic rings. The van der Waals surface area contributed by atoms with E-state index in [0.29, 0.717) is 65.5 Å². The summed E-state index contributed by atoms with van der Waals surface area (Å²) in [5, 5.41) is 1.22. The number of halogens is 2. The Morgan fingerprint density at radius 3 is 2.02 bits per heavy atom. The molecule has 0 N–H and O–H groups in total. The third kappa shape index (κ3) is 6.60. The first-order chi connectivity index (χ1) is 20.7. The van der Waals surface area contributed by atoms with Crippen LogP contribution in [0.15, 0.2) is 71.7 Å². The highest BCUT2D eigenvalue weighted by Crippen LogP contribution is 2.46. The van der Waals surface area contributed by atoms with Crippen molar-refractivity contribution in [3.8, 4) is 11.5 Å². The maximum absolute atomic E-state index is 14.6. The Morgan fingerprint density at radius 2 is 1.47 bits per heavy atom. The van der Waals surface area contributed by atoms with E-state index in [1.54, 1.807) is 16.9 Å². The van der Waals surface area contributed by atoms with Gasteiger partial charge in [0, 0.05) is 48.7 Å². The van der Waals surface area contributed by atoms with E-state index in [0.717, 1.165) is 11.1 Å². The molecule has 0 aromatic heterocycles. The zero-order valence-corrected chi connectivity index (χ0v) is 26.3. The number of carbonyl (C=O) groups excluding carboxylic acids is 2. The number of piperazine rings is 1. The van der Waals surface area contributed by atoms with Gasteiger partial charge in [-0.1, -0.05) is 54.4 Å². The smallest absolute Gasteiger partial charge is 0.326 e. The molecule has 1 fully saturated rings. The molecule has 0 saturated carbocycles. The van der Waals surface area contributed by atoms with E-state index >= 15 is 0 Å². The fraction of sp³-hybridized carbons (Fsp3) is 0.364. The number of amides is 3. The highest BCUT2D eigenvalue weighted by atomic mass is 35.5. The van der Waals surface area contributed by atoms with Crippen LogP contribution in [0.2, 0.25) is 10.0 Å². The molecule has 0 bridgehead atoms. The Hall–Kier alpha value is -3.75. The number of benzene rings is 3. The van der Waals surface area contributed by atoms with Crippen molar-refractivity contribution in [3.63, 3.8) is 0 Å². The van der Waals surface area contributed by atoms with E-state index in [1.165, 1.54) is 0 Å². The number of hydrogen-bond acceptors (Lipinski definition) is 5. The van der Waals surface area contributed by atoms with Crippen molar-refractivity contribution in [2.45, 2.75) is 45.4 Å². The molecule has 0 spiro atoms. The summed E-state index contributed by atoms with van der Waals surface area (Å²) in [6.45, 7) is 7.56. The molecule has 1 saturated heterocycles. The molecule has 0 aliphatic carbocycles. The minimum Gasteiger partial charge on any atom is -0.497 e. The van der Waals surface area contributed by atoms with Crippen molar-refractivity contribution < 1.29 is 19.1 Å². The number of carbonyl (C=O) groups is 2. The number of nitrogens with zero attached hydrogens (tertiary/aromatic N) is 4. The summed E-state index contributed by atoms with van der Waals surface area (Å²) in [5.41, 5.74) is 2.48. The summed E-state index contributed by atoms with van der Waals surface area (Å²) >= 11 is 12.5. The molecule has 226 valence electrons. The van der Waals surface area contributed by atoms with E-state index in [4.69, 9.17) is 37.7 Å². The van der Waals surface area contributed by atoms with Gasteiger partial charge in [0.15, 0.2) is 0 Å². The molecule has 3 aromatic carbocycles. The number of hydrogen-bond donors (Lipinski definition) is 0. The van der Waals surface area contributed by atoms with Gasteiger partial charge in [0.05, 0.1) is 24.8 Å². The van der Waals surface area contributed by atoms with Crippen molar-refractivity contribution >= 4 is 41.0 Å². The minimum atomic E-state index is -0.481. The molecule has 3 amide bonds. The van der Waals surface area contributed by atoms with Crippen LogP contribution in [-0.2, 0) is 4.79 Å². The number of rotatable bonds is 7. The lowest BCUT2D eigenvalue weighted by molar-refractivity contribution is -0.132. The average Bonchev–Trinajstić information content (AvgIpc) is 3.41. The number of ether oxygens (including phenoxy) is 2. The monoisotopic (exact) mass is 622 g/mol. The summed E-state index contributed by atoms with van der Waals surface area (Å²) in [7, 11) is 1.60. The van der Waals surface area contributed by atoms with Crippen LogP contribution in [0.3, 0.4) is 0 Å². The van der Waals surface area contributed by atoms with Gasteiger partial charge in [-0.15, -0.1) is 0 Å². The molecule has 2 heterocycles. The van der Waals surface area contributed by atoms with Crippen LogP contribution in [0.25, 0.3) is 0 Å². The first-order valence-corrected chi connectivity index (χ1v) is 15.3. The van der Waals surface area contributed by atoms with Gasteiger partial charge in [-0.05, 0) is 61.4 Å². The quantitative estimate of drug-likeness (QED) is 0.284. The van der Waals surface area contributed by atoms with Crippen molar-refractivity contribution in [1.29, 1.82) is 0 Å². The van der Waals surface area contributed by atoms with Crippen molar-refractivity contribution in [1.82, 2.24) is 14.7 Å². The first kappa shape index (κ1) is 30.7. The standard InChI is InChI=1S/C33H36Cl2N4O4/c1-5-29(40)37-16-18-38(19-17-37)33(41)39-31(23-8-12-25(35)13-9-23)30(22-6-10-24(34)11-7-22)36-32(39)27-15-14-26(42-4)20-28(27)43-21(2)3/h6-15,20-21,30-31H,5,16-19H2,1-4H3. The molecule has 2 aliphatic heterocycles. The van der Waals surface area contributed by atoms with Crippen LogP contribution in [0.5, 0.6) is 11.5 Å². The molecule has 5 rings (SSSR count). The first-order valence-electron chi connectivity index (χ1n) is 14.5. The van der Waals surface area contributed by atoms with Crippen LogP contribution in [0.1, 0.15) is 56.0 Å². The predicted octanol–water partition coefficient (Wildman–Crippen LogP) is 7.01. The number of aliphatic imine (C=N–C) groups is 1. The lowest BCUT2D eigenvalue weighted by Crippen LogP contribution is -2.55. The largest absolute Gasteiger partial charge is 0.497 e. The van der Waals surface area contributed by atoms with E-state index in [1.807, 2.05) is 92.4 Å². The molecular weight excluding hydrogens is 587 g/mol. The highest BCUT2D eigenvalue weighted by Gasteiger charge is 2.45. The summed E-state index contributed by atoms with van der Waals surface area (Å²) in [6, 6.07) is 19.5. The Kier molecular flexibility index (Phi) is 9.47. The molecule has 0 radical (unpaired) electrons. The maximum Gasteiger partial charge on any atom is 0.326 e. The fourth-order valence-corrected chi connectivity index (χ4v) is 5.80. The number of amidine groups is 1. The van der Waals surface area contributed by atoms with E-state index in [2.05, 4.69) is 0 Å². The van der Waals surface area contributed by atoms with Crippen LogP contribution in [0, 0.1) is 0 Å². The van der Waals surface area contributed by atoms with Gasteiger partial charge in [-0.3, -0.25) is 14.7 Å². The van der Waals surface area contributed by atoms with Crippen LogP contribution in [-0.4, -0.2) is 71.9 Å². The van der Waals surface area contributed by atoms with Crippen molar-refractivity contribution in [2.24, 2.45) is 4.99 Å². The Balaban J connectivity index is 1.64. The van der Waals surface area contributed by atoms with Crippen LogP contribution >= 0.6 is 23.2 Å². The fourth-order valence-electron chi connectivity index (χ4n) is 5.54. The van der Waals surface area contributed by atoms with Gasteiger partial charge >= 0.3 is 6.03 Å². The second-order valence-corrected chi connectivity index (χ2v) is 11.7. The highest BCUT2D eigenvalue weighted by molar-refractivity contribution is 6.30. The summed E-state index contributed by atoms with van der Waals surface area (Å²) < 4.78 is 11.7. The lowest BCUT2D eigenvalue weighted by Gasteiger charge is -2.39. The third-order valence-electron chi connectivity index (χ3n) is 7.69. The van der Waals surface area contributed by atoms with Crippen molar-refractivity contribution in [2.75, 3.05) is 33.3 Å². The molecule has 2 aliphatic rings. The Bertz CT molecular complexity index is 1490. The number of urea groups is 1. The number of methoxy groups -OCH3 is 1. The lowest BCUT2D eigenvalue weighted by atomic mass is 9.93. The van der Waals surface area contributed by atoms with E-state index in [-0.39, 0.29) is 18.0 Å². The van der Waals surface area contributed by atoms with E-state index in [9.17, 15) is 9.59 Å². The second-order valence-electron chi connectivity index (χ2n) is 10.8. The van der Waals surface area contributed by atoms with Crippen molar-refractivity contribution in [3.05, 3.63) is 93.5 Å². The summed E-state index contributed by atoms with van der Waals surface area (Å²) in [5.74, 6) is 1.79. The zero-order chi connectivity index (χ0) is 30.7. The molecular formula is C33H36Cl2N4O4. The van der Waals surface area contributed by atoms with Gasteiger partial charge in [0.25, 0.3) is 0 Å². The Morgan fingerprint density at radius 1 is 0.884 bits per heavy atom. The SMILES string of the molecule is CCC(=O)N1CCN(C(=O)N2C(c3ccc(OC)cc3OC(C)C)=NC(c3ccc(Cl)cc3)C2c2ccc(Cl)cc2)CC1. The maximum atomic E-state index is 14.6. The van der Waals surface area contributed by atoms with Gasteiger partial charge in [-0.25, -0.2) is 4.79 Å². The molecule has 43 heavy (non-hydrogen) atoms. The van der Waals surface area contributed by atoms with Gasteiger partial charge in [0.1, 0.15) is 23.4 Å². The average molecular weight is 624 g/mol. The molecule has 2 unspecified atom stereocenters. The zero-order valence-electron chi connectivity index (χ0n) is 24.8. The molecule has 2 atom stereocenters. The second kappa shape index (κ2) is 13.3.